The maximum atomic E-state index is 11.6. The van der Waals surface area contributed by atoms with Gasteiger partial charge < -0.3 is 29.8 Å². The Morgan fingerprint density at radius 3 is 2.26 bits per heavy atom. The molecule has 12 heteroatoms. The Morgan fingerprint density at radius 2 is 1.57 bits per heavy atom. The van der Waals surface area contributed by atoms with Crippen LogP contribution in [-0.4, -0.2) is 86.6 Å². The number of hydrogen-bond donors (Lipinski definition) is 4. The van der Waals surface area contributed by atoms with E-state index in [0.717, 1.165) is 89.0 Å². The highest BCUT2D eigenvalue weighted by atomic mass is 16.7. The standard InChI is InChI=1S/C30H43N7O5/c31-28(32)26-11-13-27(14-12-26)40-22-8-17-37-20-18-36(19-21-37)16-7-2-1-6-15-35-42-30(39)34-24-33-29(38)41-23-25-9-4-3-5-10-25/h3-5,9-14,24,35H,1-2,6-8,15-23H2,(H3,31,32)(H,33,34,38,39). The summed E-state index contributed by atoms with van der Waals surface area (Å²) in [7, 11) is 0. The number of carbonyl (C=O) groups is 2. The second kappa shape index (κ2) is 19.2. The van der Waals surface area contributed by atoms with Gasteiger partial charge in [-0.3, -0.25) is 10.7 Å². The third-order valence-corrected chi connectivity index (χ3v) is 6.74. The normalized spacial score (nSPS) is 14.0. The van der Waals surface area contributed by atoms with E-state index in [0.29, 0.717) is 18.7 Å². The van der Waals surface area contributed by atoms with Crippen LogP contribution in [0.25, 0.3) is 0 Å². The molecule has 0 spiro atoms. The van der Waals surface area contributed by atoms with Gasteiger partial charge in [-0.15, -0.1) is 0 Å². The average molecular weight is 582 g/mol. The van der Waals surface area contributed by atoms with Crippen molar-refractivity contribution in [2.24, 2.45) is 10.7 Å². The number of amides is 2. The van der Waals surface area contributed by atoms with Gasteiger partial charge in [-0.25, -0.2) is 9.59 Å². The number of nitrogen functional groups attached to an aromatic ring is 1. The molecule has 5 N–H and O–H groups in total. The predicted octanol–water partition coefficient (Wildman–Crippen LogP) is 3.51. The summed E-state index contributed by atoms with van der Waals surface area (Å²) in [5, 5.41) is 9.68. The Bertz CT molecular complexity index is 1110. The van der Waals surface area contributed by atoms with E-state index in [4.69, 9.17) is 25.5 Å². The molecule has 1 saturated heterocycles. The minimum atomic E-state index is -0.800. The summed E-state index contributed by atoms with van der Waals surface area (Å²) >= 11 is 0. The molecular weight excluding hydrogens is 538 g/mol. The summed E-state index contributed by atoms with van der Waals surface area (Å²) in [6.45, 7) is 7.80. The molecule has 1 fully saturated rings. The van der Waals surface area contributed by atoms with Crippen LogP contribution in [0.5, 0.6) is 5.75 Å². The molecule has 0 atom stereocenters. The smallest absolute Gasteiger partial charge is 0.435 e. The fraction of sp³-hybridized carbons (Fsp3) is 0.467. The molecule has 3 rings (SSSR count). The van der Waals surface area contributed by atoms with Gasteiger partial charge in [-0.05, 0) is 55.6 Å². The summed E-state index contributed by atoms with van der Waals surface area (Å²) in [5.41, 5.74) is 9.66. The molecule has 0 unspecified atom stereocenters. The van der Waals surface area contributed by atoms with Crippen LogP contribution in [0, 0.1) is 5.41 Å². The number of nitrogens with zero attached hydrogens (tertiary/aromatic N) is 3. The van der Waals surface area contributed by atoms with Gasteiger partial charge in [0.1, 0.15) is 24.5 Å². The molecule has 0 saturated carbocycles. The third-order valence-electron chi connectivity index (χ3n) is 6.74. The molecule has 228 valence electrons. The summed E-state index contributed by atoms with van der Waals surface area (Å²) < 4.78 is 10.8. The van der Waals surface area contributed by atoms with Crippen LogP contribution in [0.15, 0.2) is 59.6 Å². The van der Waals surface area contributed by atoms with Gasteiger partial charge in [0.2, 0.25) is 0 Å². The molecule has 0 aromatic heterocycles. The van der Waals surface area contributed by atoms with Crippen LogP contribution in [-0.2, 0) is 16.2 Å². The van der Waals surface area contributed by atoms with E-state index in [9.17, 15) is 9.59 Å². The average Bonchev–Trinajstić information content (AvgIpc) is 3.01. The first-order valence-corrected chi connectivity index (χ1v) is 14.4. The van der Waals surface area contributed by atoms with Crippen LogP contribution >= 0.6 is 0 Å². The van der Waals surface area contributed by atoms with Gasteiger partial charge in [0, 0.05) is 44.8 Å². The van der Waals surface area contributed by atoms with Crippen molar-refractivity contribution < 1.29 is 23.9 Å². The lowest BCUT2D eigenvalue weighted by atomic mass is 10.2. The lowest BCUT2D eigenvalue weighted by Gasteiger charge is -2.34. The molecule has 0 radical (unpaired) electrons. The zero-order valence-electron chi connectivity index (χ0n) is 24.1. The number of rotatable bonds is 17. The van der Waals surface area contributed by atoms with Gasteiger partial charge in [0.25, 0.3) is 0 Å². The minimum absolute atomic E-state index is 0.0630. The number of nitrogens with one attached hydrogen (secondary N) is 3. The first kappa shape index (κ1) is 32.5. The van der Waals surface area contributed by atoms with Gasteiger partial charge in [0.05, 0.1) is 6.61 Å². The number of benzene rings is 2. The van der Waals surface area contributed by atoms with E-state index in [1.807, 2.05) is 42.5 Å². The number of piperazine rings is 1. The highest BCUT2D eigenvalue weighted by Gasteiger charge is 2.16. The molecule has 42 heavy (non-hydrogen) atoms. The lowest BCUT2D eigenvalue weighted by molar-refractivity contribution is 0.0933. The molecule has 12 nitrogen and oxygen atoms in total. The molecule has 0 bridgehead atoms. The largest absolute Gasteiger partial charge is 0.494 e. The molecule has 1 aliphatic heterocycles. The highest BCUT2D eigenvalue weighted by molar-refractivity contribution is 5.95. The number of amidine groups is 1. The highest BCUT2D eigenvalue weighted by Crippen LogP contribution is 2.12. The predicted molar refractivity (Wildman–Crippen MR) is 162 cm³/mol. The Balaban J connectivity index is 1.09. The van der Waals surface area contributed by atoms with Crippen molar-refractivity contribution in [2.45, 2.75) is 38.7 Å². The van der Waals surface area contributed by atoms with Crippen LogP contribution in [0.1, 0.15) is 43.2 Å². The van der Waals surface area contributed by atoms with Crippen LogP contribution in [0.3, 0.4) is 0 Å². The van der Waals surface area contributed by atoms with Crippen molar-refractivity contribution in [3.63, 3.8) is 0 Å². The van der Waals surface area contributed by atoms with E-state index in [2.05, 4.69) is 25.6 Å². The zero-order valence-corrected chi connectivity index (χ0v) is 24.1. The Kier molecular flexibility index (Phi) is 14.8. The molecule has 1 aliphatic rings. The zero-order chi connectivity index (χ0) is 29.8. The summed E-state index contributed by atoms with van der Waals surface area (Å²) in [6, 6.07) is 16.6. The second-order valence-corrected chi connectivity index (χ2v) is 9.96. The first-order valence-electron chi connectivity index (χ1n) is 14.4. The SMILES string of the molecule is N=C(N)c1ccc(OCCCN2CCN(CCCCCCNOC(=O)N/C=N/C(=O)OCc3ccccc3)CC2)cc1. The number of carbonyl (C=O) groups excluding carboxylic acids is 2. The van der Waals surface area contributed by atoms with Crippen molar-refractivity contribution in [1.29, 1.82) is 5.41 Å². The van der Waals surface area contributed by atoms with Gasteiger partial charge in [0.15, 0.2) is 0 Å². The molecule has 2 aromatic rings. The minimum Gasteiger partial charge on any atom is -0.494 e. The molecule has 0 aliphatic carbocycles. The number of ether oxygens (including phenoxy) is 2. The van der Waals surface area contributed by atoms with Crippen LogP contribution in [0.4, 0.5) is 9.59 Å². The summed E-state index contributed by atoms with van der Waals surface area (Å²) in [4.78, 5) is 36.6. The fourth-order valence-electron chi connectivity index (χ4n) is 4.37. The Morgan fingerprint density at radius 1 is 0.905 bits per heavy atom. The van der Waals surface area contributed by atoms with Crippen molar-refractivity contribution in [3.8, 4) is 5.75 Å². The maximum absolute atomic E-state index is 11.6. The van der Waals surface area contributed by atoms with E-state index < -0.39 is 12.2 Å². The molecule has 2 amide bonds. The lowest BCUT2D eigenvalue weighted by Crippen LogP contribution is -2.46. The van der Waals surface area contributed by atoms with E-state index >= 15 is 0 Å². The molecular formula is C30H43N7O5. The van der Waals surface area contributed by atoms with Gasteiger partial charge in [-0.2, -0.15) is 10.5 Å². The van der Waals surface area contributed by atoms with E-state index in [-0.39, 0.29) is 12.4 Å². The van der Waals surface area contributed by atoms with E-state index in [1.54, 1.807) is 12.1 Å². The van der Waals surface area contributed by atoms with Gasteiger partial charge >= 0.3 is 12.2 Å². The monoisotopic (exact) mass is 581 g/mol. The first-order chi connectivity index (χ1) is 20.5. The Labute approximate surface area is 247 Å². The number of hydroxylamine groups is 1. The topological polar surface area (TPSA) is 155 Å². The van der Waals surface area contributed by atoms with Crippen molar-refractivity contribution >= 4 is 24.4 Å². The van der Waals surface area contributed by atoms with Crippen molar-refractivity contribution in [2.75, 3.05) is 52.4 Å². The number of unbranched alkanes of at least 4 members (excludes halogenated alkanes) is 3. The Hall–Kier alpha value is -4.00. The molecule has 1 heterocycles. The quantitative estimate of drug-likeness (QED) is 0.0951. The number of nitrogens with two attached hydrogens (primary N) is 1. The third kappa shape index (κ3) is 13.6. The van der Waals surface area contributed by atoms with Crippen molar-refractivity contribution in [3.05, 3.63) is 65.7 Å². The number of hydrogen-bond acceptors (Lipinski definition) is 9. The number of aliphatic imine (C=N–C) groups is 1. The molecule has 2 aromatic carbocycles. The van der Waals surface area contributed by atoms with E-state index in [1.165, 1.54) is 0 Å². The second-order valence-electron chi connectivity index (χ2n) is 9.96. The summed E-state index contributed by atoms with van der Waals surface area (Å²) in [5.74, 6) is 0.868. The van der Waals surface area contributed by atoms with Gasteiger partial charge in [-0.1, -0.05) is 43.2 Å². The summed E-state index contributed by atoms with van der Waals surface area (Å²) in [6.07, 6.45) is 4.59. The van der Waals surface area contributed by atoms with Crippen LogP contribution in [0.2, 0.25) is 0 Å². The van der Waals surface area contributed by atoms with Crippen LogP contribution < -0.4 is 21.3 Å². The fourth-order valence-corrected chi connectivity index (χ4v) is 4.37. The maximum Gasteiger partial charge on any atom is 0.435 e. The van der Waals surface area contributed by atoms with Crippen molar-refractivity contribution in [1.82, 2.24) is 20.6 Å².